The number of hydrogen-bond acceptors (Lipinski definition) is 5. The summed E-state index contributed by atoms with van der Waals surface area (Å²) in [5, 5.41) is 11.8. The molecule has 1 aromatic heterocycles. The average Bonchev–Trinajstić information content (AvgIpc) is 3.57. The molecule has 0 bridgehead atoms. The van der Waals surface area contributed by atoms with Crippen molar-refractivity contribution in [1.29, 1.82) is 0 Å². The molecule has 1 spiro atoms. The number of carbonyl (C=O) groups excluding carboxylic acids is 1. The number of rotatable bonds is 6. The fourth-order valence-electron chi connectivity index (χ4n) is 6.25. The van der Waals surface area contributed by atoms with Crippen LogP contribution in [0.2, 0.25) is 0 Å². The van der Waals surface area contributed by atoms with Gasteiger partial charge in [0.25, 0.3) is 0 Å². The highest BCUT2D eigenvalue weighted by atomic mass is 16.5. The molecule has 7 nitrogen and oxygen atoms in total. The Morgan fingerprint density at radius 1 is 1.24 bits per heavy atom. The van der Waals surface area contributed by atoms with Crippen molar-refractivity contribution in [3.05, 3.63) is 29.5 Å². The van der Waals surface area contributed by atoms with Gasteiger partial charge in [-0.2, -0.15) is 0 Å². The lowest BCUT2D eigenvalue weighted by molar-refractivity contribution is -0.133. The van der Waals surface area contributed by atoms with E-state index in [1.807, 2.05) is 23.9 Å². The van der Waals surface area contributed by atoms with E-state index >= 15 is 0 Å². The van der Waals surface area contributed by atoms with Crippen LogP contribution in [0.3, 0.4) is 0 Å². The lowest BCUT2D eigenvalue weighted by Gasteiger charge is -2.50. The van der Waals surface area contributed by atoms with Crippen LogP contribution < -0.4 is 4.74 Å². The molecule has 1 atom stereocenters. The Balaban J connectivity index is 1.57. The van der Waals surface area contributed by atoms with Gasteiger partial charge < -0.3 is 24.2 Å². The quantitative estimate of drug-likeness (QED) is 0.726. The van der Waals surface area contributed by atoms with Crippen molar-refractivity contribution in [2.75, 3.05) is 60.5 Å². The Bertz CT molecular complexity index is 1030. The lowest BCUT2D eigenvalue weighted by Crippen LogP contribution is -2.55. The fourth-order valence-corrected chi connectivity index (χ4v) is 6.25. The monoisotopic (exact) mass is 454 g/mol. The normalized spacial score (nSPS) is 22.8. The maximum absolute atomic E-state index is 12.8. The third-order valence-corrected chi connectivity index (χ3v) is 8.13. The Morgan fingerprint density at radius 2 is 1.97 bits per heavy atom. The van der Waals surface area contributed by atoms with E-state index in [-0.39, 0.29) is 24.0 Å². The van der Waals surface area contributed by atoms with E-state index < -0.39 is 0 Å². The molecule has 33 heavy (non-hydrogen) atoms. The van der Waals surface area contributed by atoms with E-state index in [2.05, 4.69) is 34.7 Å². The van der Waals surface area contributed by atoms with Gasteiger partial charge in [0.1, 0.15) is 5.75 Å². The van der Waals surface area contributed by atoms with E-state index in [1.165, 1.54) is 29.5 Å². The molecular weight excluding hydrogens is 416 g/mol. The van der Waals surface area contributed by atoms with Crippen LogP contribution in [0.15, 0.2) is 18.2 Å². The maximum atomic E-state index is 12.8. The number of piperidine rings is 1. The van der Waals surface area contributed by atoms with Crippen molar-refractivity contribution < 1.29 is 14.6 Å². The van der Waals surface area contributed by atoms with Crippen LogP contribution in [0.4, 0.5) is 0 Å². The second-order valence-electron chi connectivity index (χ2n) is 10.7. The van der Waals surface area contributed by atoms with Crippen LogP contribution in [0.5, 0.6) is 5.75 Å². The van der Waals surface area contributed by atoms with Crippen molar-refractivity contribution >= 4 is 16.8 Å². The summed E-state index contributed by atoms with van der Waals surface area (Å²) in [5.41, 5.74) is 3.81. The van der Waals surface area contributed by atoms with Crippen LogP contribution in [-0.4, -0.2) is 90.8 Å². The molecule has 3 heterocycles. The van der Waals surface area contributed by atoms with Gasteiger partial charge >= 0.3 is 0 Å². The molecule has 1 N–H and O–H groups in total. The number of likely N-dealkylation sites (tertiary alicyclic amines) is 1. The third kappa shape index (κ3) is 3.94. The molecule has 2 aromatic rings. The summed E-state index contributed by atoms with van der Waals surface area (Å²) in [6, 6.07) is 6.39. The molecule has 1 aliphatic carbocycles. The molecule has 3 aliphatic rings. The number of carbonyl (C=O) groups is 1. The minimum atomic E-state index is -0.00110. The van der Waals surface area contributed by atoms with Crippen molar-refractivity contribution in [2.24, 2.45) is 13.0 Å². The lowest BCUT2D eigenvalue weighted by atomic mass is 9.68. The van der Waals surface area contributed by atoms with Crippen LogP contribution in [0.1, 0.15) is 43.0 Å². The third-order valence-electron chi connectivity index (χ3n) is 8.13. The number of aryl methyl sites for hydroxylation is 1. The molecule has 1 amide bonds. The molecule has 1 saturated carbocycles. The number of aliphatic hydroxyl groups is 1. The molecule has 1 saturated heterocycles. The SMILES string of the molecule is COc1ccc2c3c(n(C)c2c1)[C@@H](CO)N(CC1CC1)CC31CCN(C(=O)CN(C)C)CC1. The van der Waals surface area contributed by atoms with Crippen LogP contribution in [0, 0.1) is 5.92 Å². The predicted molar refractivity (Wildman–Crippen MR) is 130 cm³/mol. The van der Waals surface area contributed by atoms with Gasteiger partial charge in [0.05, 0.1) is 31.8 Å². The Hall–Kier alpha value is -2.09. The van der Waals surface area contributed by atoms with Crippen LogP contribution >= 0.6 is 0 Å². The molecule has 7 heteroatoms. The highest BCUT2D eigenvalue weighted by Crippen LogP contribution is 2.50. The number of likely N-dealkylation sites (N-methyl/N-ethyl adjacent to an activating group) is 1. The van der Waals surface area contributed by atoms with Gasteiger partial charge in [-0.05, 0) is 63.4 Å². The number of aromatic nitrogens is 1. The van der Waals surface area contributed by atoms with E-state index in [0.29, 0.717) is 6.54 Å². The number of fused-ring (bicyclic) bond motifs is 4. The first-order chi connectivity index (χ1) is 15.9. The maximum Gasteiger partial charge on any atom is 0.236 e. The first-order valence-corrected chi connectivity index (χ1v) is 12.3. The van der Waals surface area contributed by atoms with Crippen molar-refractivity contribution in [3.8, 4) is 5.75 Å². The molecule has 2 fully saturated rings. The first-order valence-electron chi connectivity index (χ1n) is 12.3. The second kappa shape index (κ2) is 8.60. The number of benzene rings is 1. The van der Waals surface area contributed by atoms with Gasteiger partial charge in [-0.3, -0.25) is 9.69 Å². The Morgan fingerprint density at radius 3 is 2.58 bits per heavy atom. The van der Waals surface area contributed by atoms with E-state index in [4.69, 9.17) is 4.74 Å². The highest BCUT2D eigenvalue weighted by Gasteiger charge is 2.49. The summed E-state index contributed by atoms with van der Waals surface area (Å²) >= 11 is 0. The molecule has 0 unspecified atom stereocenters. The Labute approximate surface area is 196 Å². The summed E-state index contributed by atoms with van der Waals surface area (Å²) in [6.45, 7) is 4.19. The number of ether oxygens (including phenoxy) is 1. The number of nitrogens with zero attached hydrogens (tertiary/aromatic N) is 4. The number of methoxy groups -OCH3 is 1. The van der Waals surface area contributed by atoms with Gasteiger partial charge in [-0.25, -0.2) is 0 Å². The molecule has 0 radical (unpaired) electrons. The van der Waals surface area contributed by atoms with Gasteiger partial charge in [0.2, 0.25) is 5.91 Å². The zero-order valence-electron chi connectivity index (χ0n) is 20.5. The van der Waals surface area contributed by atoms with E-state index in [1.54, 1.807) is 7.11 Å². The topological polar surface area (TPSA) is 61.2 Å². The minimum absolute atomic E-state index is 0.00110. The van der Waals surface area contributed by atoms with Gasteiger partial charge in [0, 0.05) is 55.8 Å². The molecule has 180 valence electrons. The summed E-state index contributed by atoms with van der Waals surface area (Å²) in [4.78, 5) is 19.3. The average molecular weight is 455 g/mol. The van der Waals surface area contributed by atoms with Gasteiger partial charge in [-0.15, -0.1) is 0 Å². The number of aliphatic hydroxyl groups excluding tert-OH is 1. The summed E-state index contributed by atoms with van der Waals surface area (Å²) in [5.74, 6) is 1.83. The van der Waals surface area contributed by atoms with Gasteiger partial charge in [-0.1, -0.05) is 0 Å². The van der Waals surface area contributed by atoms with E-state index in [0.717, 1.165) is 56.2 Å². The van der Waals surface area contributed by atoms with E-state index in [9.17, 15) is 9.90 Å². The molecule has 1 aromatic carbocycles. The second-order valence-corrected chi connectivity index (χ2v) is 10.7. The molecule has 5 rings (SSSR count). The molecular formula is C26H38N4O3. The van der Waals surface area contributed by atoms with Crippen LogP contribution in [0.25, 0.3) is 10.9 Å². The standard InChI is InChI=1S/C26H38N4O3/c1-27(2)15-23(32)29-11-9-26(10-12-29)17-30(14-18-5-6-18)22(16-31)25-24(26)20-8-7-19(33-4)13-21(20)28(25)3/h7-8,13,18,22,31H,5-6,9-12,14-17H2,1-4H3/t22-/m1/s1. The minimum Gasteiger partial charge on any atom is -0.497 e. The van der Waals surface area contributed by atoms with Crippen molar-refractivity contribution in [1.82, 2.24) is 19.3 Å². The summed E-state index contributed by atoms with van der Waals surface area (Å²) in [6.07, 6.45) is 4.52. The summed E-state index contributed by atoms with van der Waals surface area (Å²) in [7, 11) is 7.74. The number of hydrogen-bond donors (Lipinski definition) is 1. The zero-order chi connectivity index (χ0) is 23.3. The van der Waals surface area contributed by atoms with Crippen LogP contribution in [-0.2, 0) is 17.3 Å². The van der Waals surface area contributed by atoms with Crippen molar-refractivity contribution in [3.63, 3.8) is 0 Å². The number of amides is 1. The zero-order valence-corrected chi connectivity index (χ0v) is 20.5. The highest BCUT2D eigenvalue weighted by molar-refractivity contribution is 5.89. The Kier molecular flexibility index (Phi) is 5.91. The molecule has 2 aliphatic heterocycles. The largest absolute Gasteiger partial charge is 0.497 e. The summed E-state index contributed by atoms with van der Waals surface area (Å²) < 4.78 is 7.82. The first kappa shape index (κ1) is 22.7. The smallest absolute Gasteiger partial charge is 0.236 e. The van der Waals surface area contributed by atoms with Crippen molar-refractivity contribution in [2.45, 2.75) is 37.1 Å². The predicted octanol–water partition coefficient (Wildman–Crippen LogP) is 2.37. The van der Waals surface area contributed by atoms with Gasteiger partial charge in [0.15, 0.2) is 0 Å². The fraction of sp³-hybridized carbons (Fsp3) is 0.654.